The second-order valence-corrected chi connectivity index (χ2v) is 2.85. The number of hydrogen-bond donors (Lipinski definition) is 5. The average molecular weight is 215 g/mol. The molecule has 0 saturated heterocycles. The molecule has 5 N–H and O–H groups in total. The van der Waals surface area contributed by atoms with Crippen molar-refractivity contribution in [3.05, 3.63) is 0 Å². The van der Waals surface area contributed by atoms with Crippen LogP contribution in [0, 0.1) is 0 Å². The van der Waals surface area contributed by atoms with E-state index < -0.39 is 36.3 Å². The van der Waals surface area contributed by atoms with Crippen molar-refractivity contribution in [3.63, 3.8) is 0 Å². The zero-order valence-corrected chi connectivity index (χ0v) is 7.29. The van der Waals surface area contributed by atoms with Gasteiger partial charge in [0, 0.05) is 0 Å². The molecule has 0 aromatic rings. The van der Waals surface area contributed by atoms with E-state index in [4.69, 9.17) is 37.1 Å². The molecule has 13 heavy (non-hydrogen) atoms. The van der Waals surface area contributed by atoms with Gasteiger partial charge in [0.15, 0.2) is 6.10 Å². The quantitative estimate of drug-likeness (QED) is 0.315. The Morgan fingerprint density at radius 2 is 1.62 bits per heavy atom. The molecule has 0 fully saturated rings. The molecule has 0 aromatic heterocycles. The second-order valence-electron chi connectivity index (χ2n) is 2.48. The Kier molecular flexibility index (Phi) is 5.38. The Morgan fingerprint density at radius 3 is 1.92 bits per heavy atom. The van der Waals surface area contributed by atoms with Crippen LogP contribution in [0.15, 0.2) is 0 Å². The average Bonchev–Trinajstić information content (AvgIpc) is 2.12. The molecule has 0 aromatic carbocycles. The van der Waals surface area contributed by atoms with Crippen LogP contribution in [-0.4, -0.2) is 61.8 Å². The van der Waals surface area contributed by atoms with Crippen LogP contribution in [0.1, 0.15) is 0 Å². The molecule has 0 saturated carbocycles. The van der Waals surface area contributed by atoms with Crippen LogP contribution in [0.5, 0.6) is 0 Å². The van der Waals surface area contributed by atoms with E-state index in [0.29, 0.717) is 0 Å². The van der Waals surface area contributed by atoms with Gasteiger partial charge in [0.1, 0.15) is 18.3 Å². The van der Waals surface area contributed by atoms with Crippen molar-refractivity contribution in [2.24, 2.45) is 0 Å². The summed E-state index contributed by atoms with van der Waals surface area (Å²) in [6.07, 6.45) is -7.38. The largest absolute Gasteiger partial charge is 0.394 e. The highest BCUT2D eigenvalue weighted by Gasteiger charge is 2.33. The second kappa shape index (κ2) is 5.48. The lowest BCUT2D eigenvalue weighted by Gasteiger charge is -2.23. The van der Waals surface area contributed by atoms with Crippen molar-refractivity contribution in [1.82, 2.24) is 0 Å². The normalized spacial score (nSPS) is 20.5. The molecule has 0 unspecified atom stereocenters. The third-order valence-corrected chi connectivity index (χ3v) is 1.71. The molecule has 0 bridgehead atoms. The topological polar surface area (TPSA) is 118 Å². The maximum Gasteiger partial charge on any atom is 0.253 e. The van der Waals surface area contributed by atoms with Crippen molar-refractivity contribution < 1.29 is 30.3 Å². The maximum absolute atomic E-state index is 10.3. The zero-order valence-electron chi connectivity index (χ0n) is 6.54. The summed E-state index contributed by atoms with van der Waals surface area (Å²) in [5.74, 6) is 0. The smallest absolute Gasteiger partial charge is 0.253 e. The molecule has 0 radical (unpaired) electrons. The molecular formula is C6H11ClO6. The van der Waals surface area contributed by atoms with Gasteiger partial charge in [-0.3, -0.25) is 4.79 Å². The van der Waals surface area contributed by atoms with E-state index in [2.05, 4.69) is 0 Å². The fraction of sp³-hybridized carbons (Fsp3) is 0.833. The number of halogens is 1. The Hall–Kier alpha value is -0.240. The summed E-state index contributed by atoms with van der Waals surface area (Å²) in [5.41, 5.74) is 0. The molecule has 0 rings (SSSR count). The first kappa shape index (κ1) is 12.8. The van der Waals surface area contributed by atoms with Gasteiger partial charge in [-0.1, -0.05) is 0 Å². The van der Waals surface area contributed by atoms with Crippen LogP contribution in [0.4, 0.5) is 0 Å². The van der Waals surface area contributed by atoms with Crippen molar-refractivity contribution in [3.8, 4) is 0 Å². The summed E-state index contributed by atoms with van der Waals surface area (Å²) in [6.45, 7) is -0.804. The minimum atomic E-state index is -1.99. The minimum absolute atomic E-state index is 0.804. The van der Waals surface area contributed by atoms with Crippen LogP contribution >= 0.6 is 11.6 Å². The van der Waals surface area contributed by atoms with Gasteiger partial charge in [-0.15, -0.1) is 0 Å². The summed E-state index contributed by atoms with van der Waals surface area (Å²) in [4.78, 5) is 10.3. The Morgan fingerprint density at radius 1 is 1.15 bits per heavy atom. The third-order valence-electron chi connectivity index (χ3n) is 1.49. The van der Waals surface area contributed by atoms with Gasteiger partial charge in [-0.05, 0) is 11.6 Å². The molecule has 7 heteroatoms. The third kappa shape index (κ3) is 3.55. The number of hydrogen-bond acceptors (Lipinski definition) is 6. The van der Waals surface area contributed by atoms with Crippen molar-refractivity contribution in [2.45, 2.75) is 24.4 Å². The van der Waals surface area contributed by atoms with Gasteiger partial charge in [-0.25, -0.2) is 0 Å². The maximum atomic E-state index is 10.3. The van der Waals surface area contributed by atoms with Crippen LogP contribution in [0.25, 0.3) is 0 Å². The van der Waals surface area contributed by atoms with Crippen molar-refractivity contribution in [2.75, 3.05) is 6.61 Å². The van der Waals surface area contributed by atoms with E-state index >= 15 is 0 Å². The summed E-state index contributed by atoms with van der Waals surface area (Å²) >= 11 is 4.81. The molecule has 0 spiro atoms. The molecule has 6 nitrogen and oxygen atoms in total. The van der Waals surface area contributed by atoms with E-state index in [9.17, 15) is 4.79 Å². The molecular weight excluding hydrogens is 204 g/mol. The number of rotatable bonds is 5. The Bertz CT molecular complexity index is 175. The van der Waals surface area contributed by atoms with Gasteiger partial charge in [-0.2, -0.15) is 0 Å². The molecule has 0 amide bonds. The van der Waals surface area contributed by atoms with Crippen LogP contribution in [0.3, 0.4) is 0 Å². The lowest BCUT2D eigenvalue weighted by molar-refractivity contribution is -0.140. The monoisotopic (exact) mass is 214 g/mol. The molecule has 78 valence electrons. The van der Waals surface area contributed by atoms with E-state index in [0.717, 1.165) is 0 Å². The van der Waals surface area contributed by atoms with E-state index in [-0.39, 0.29) is 0 Å². The van der Waals surface area contributed by atoms with E-state index in [1.165, 1.54) is 0 Å². The standard InChI is InChI=1S/C6H11ClO6/c7-6(13)5(12)4(11)3(10)2(9)1-8/h2-5,8-12H,1H2/t2-,3+,4+,5-/m1/s1. The fourth-order valence-corrected chi connectivity index (χ4v) is 0.786. The van der Waals surface area contributed by atoms with Crippen LogP contribution in [0.2, 0.25) is 0 Å². The SMILES string of the molecule is O=C(Cl)[C@H](O)[C@@H](O)[C@@H](O)[C@H](O)CO. The number of carbonyl (C=O) groups is 1. The van der Waals surface area contributed by atoms with Crippen molar-refractivity contribution in [1.29, 1.82) is 0 Å². The fourth-order valence-electron chi connectivity index (χ4n) is 0.657. The Labute approximate surface area is 79.0 Å². The summed E-state index contributed by atoms with van der Waals surface area (Å²) in [7, 11) is 0. The number of aliphatic hydroxyl groups is 5. The molecule has 0 aliphatic heterocycles. The zero-order chi connectivity index (χ0) is 10.6. The number of carbonyl (C=O) groups excluding carboxylic acids is 1. The first-order valence-corrected chi connectivity index (χ1v) is 3.82. The van der Waals surface area contributed by atoms with E-state index in [1.54, 1.807) is 0 Å². The van der Waals surface area contributed by atoms with Gasteiger partial charge >= 0.3 is 0 Å². The van der Waals surface area contributed by atoms with Crippen LogP contribution in [-0.2, 0) is 4.79 Å². The number of aliphatic hydroxyl groups excluding tert-OH is 5. The molecule has 0 aliphatic carbocycles. The summed E-state index contributed by atoms with van der Waals surface area (Å²) in [5, 5.41) is 42.7. The van der Waals surface area contributed by atoms with Gasteiger partial charge < -0.3 is 25.5 Å². The molecule has 0 aliphatic rings. The lowest BCUT2D eigenvalue weighted by atomic mass is 10.0. The minimum Gasteiger partial charge on any atom is -0.394 e. The summed E-state index contributed by atoms with van der Waals surface area (Å²) in [6, 6.07) is 0. The van der Waals surface area contributed by atoms with Crippen molar-refractivity contribution >= 4 is 16.8 Å². The summed E-state index contributed by atoms with van der Waals surface area (Å²) < 4.78 is 0. The highest BCUT2D eigenvalue weighted by molar-refractivity contribution is 6.64. The molecule has 0 heterocycles. The predicted molar refractivity (Wildman–Crippen MR) is 42.0 cm³/mol. The van der Waals surface area contributed by atoms with Gasteiger partial charge in [0.25, 0.3) is 5.24 Å². The first-order valence-electron chi connectivity index (χ1n) is 3.44. The van der Waals surface area contributed by atoms with E-state index in [1.807, 2.05) is 0 Å². The highest BCUT2D eigenvalue weighted by Crippen LogP contribution is 2.07. The van der Waals surface area contributed by atoms with Gasteiger partial charge in [0.2, 0.25) is 0 Å². The predicted octanol–water partition coefficient (Wildman–Crippen LogP) is -2.81. The Balaban J connectivity index is 4.24. The lowest BCUT2D eigenvalue weighted by Crippen LogP contribution is -2.47. The van der Waals surface area contributed by atoms with Gasteiger partial charge in [0.05, 0.1) is 6.61 Å². The first-order chi connectivity index (χ1) is 5.91. The van der Waals surface area contributed by atoms with Crippen LogP contribution < -0.4 is 0 Å². The highest BCUT2D eigenvalue weighted by atomic mass is 35.5. The molecule has 4 atom stereocenters.